The first kappa shape index (κ1) is 17.5. The molecule has 2 nitrogen and oxygen atoms in total. The molecule has 0 aliphatic heterocycles. The van der Waals surface area contributed by atoms with Gasteiger partial charge in [-0.05, 0) is 62.0 Å². The van der Waals surface area contributed by atoms with Gasteiger partial charge in [-0.3, -0.25) is 0 Å². The molecule has 0 radical (unpaired) electrons. The van der Waals surface area contributed by atoms with Gasteiger partial charge in [-0.1, -0.05) is 84.9 Å². The van der Waals surface area contributed by atoms with Crippen LogP contribution < -0.4 is 4.65 Å². The molecule has 5 aromatic carbocycles. The molecule has 0 saturated carbocycles. The molecule has 1 N–H and O–H groups in total. The molecule has 3 heteroatoms. The Kier molecular flexibility index (Phi) is 4.51. The van der Waals surface area contributed by atoms with Crippen LogP contribution in [0.4, 0.5) is 0 Å². The predicted octanol–water partition coefficient (Wildman–Crippen LogP) is 5.96. The Hall–Kier alpha value is -3.56. The van der Waals surface area contributed by atoms with Crippen molar-refractivity contribution in [1.82, 2.24) is 0 Å². The average molecular weight is 374 g/mol. The maximum absolute atomic E-state index is 9.36. The van der Waals surface area contributed by atoms with Crippen molar-refractivity contribution in [2.75, 3.05) is 0 Å². The summed E-state index contributed by atoms with van der Waals surface area (Å²) < 4.78 is 5.51. The van der Waals surface area contributed by atoms with E-state index in [9.17, 15) is 5.02 Å². The molecule has 0 bridgehead atoms. The van der Waals surface area contributed by atoms with Gasteiger partial charge in [0.1, 0.15) is 5.75 Å². The Morgan fingerprint density at radius 3 is 1.55 bits per heavy atom. The summed E-state index contributed by atoms with van der Waals surface area (Å²) in [4.78, 5) is 0. The van der Waals surface area contributed by atoms with Crippen LogP contribution in [0.5, 0.6) is 5.75 Å². The highest BCUT2D eigenvalue weighted by Crippen LogP contribution is 2.37. The summed E-state index contributed by atoms with van der Waals surface area (Å²) in [7, 11) is -0.353. The Labute approximate surface area is 170 Å². The molecule has 0 amide bonds. The van der Waals surface area contributed by atoms with Crippen LogP contribution in [0.25, 0.3) is 43.8 Å². The van der Waals surface area contributed by atoms with Crippen molar-refractivity contribution >= 4 is 29.2 Å². The summed E-state index contributed by atoms with van der Waals surface area (Å²) in [5.74, 6) is 0.654. The lowest BCUT2D eigenvalue weighted by molar-refractivity contribution is 0.454. The average Bonchev–Trinajstić information content (AvgIpc) is 2.78. The van der Waals surface area contributed by atoms with E-state index < -0.39 is 0 Å². The fourth-order valence-electron chi connectivity index (χ4n) is 4.02. The van der Waals surface area contributed by atoms with E-state index in [1.165, 1.54) is 21.5 Å². The summed E-state index contributed by atoms with van der Waals surface area (Å²) in [5.41, 5.74) is 4.42. The van der Waals surface area contributed by atoms with Crippen LogP contribution in [0, 0.1) is 0 Å². The molecule has 0 saturated heterocycles. The van der Waals surface area contributed by atoms with Gasteiger partial charge in [0, 0.05) is 0 Å². The minimum Gasteiger partial charge on any atom is -0.539 e. The van der Waals surface area contributed by atoms with Crippen LogP contribution in [0.1, 0.15) is 0 Å². The number of fused-ring (bicyclic) bond motifs is 2. The molecule has 5 aromatic rings. The highest BCUT2D eigenvalue weighted by molar-refractivity contribution is 6.17. The highest BCUT2D eigenvalue weighted by Gasteiger charge is 2.11. The second kappa shape index (κ2) is 7.46. The highest BCUT2D eigenvalue weighted by atomic mass is 16.5. The Morgan fingerprint density at radius 1 is 0.552 bits per heavy atom. The second-order valence-electron chi connectivity index (χ2n) is 7.07. The fourth-order valence-corrected chi connectivity index (χ4v) is 4.02. The molecule has 0 fully saturated rings. The van der Waals surface area contributed by atoms with Gasteiger partial charge in [0.05, 0.1) is 0 Å². The molecule has 0 heterocycles. The van der Waals surface area contributed by atoms with Gasteiger partial charge in [0.15, 0.2) is 0 Å². The molecule has 5 rings (SSSR count). The van der Waals surface area contributed by atoms with Gasteiger partial charge >= 0.3 is 7.69 Å². The maximum Gasteiger partial charge on any atom is 0.504 e. The second-order valence-corrected chi connectivity index (χ2v) is 7.07. The lowest BCUT2D eigenvalue weighted by Crippen LogP contribution is -2.00. The van der Waals surface area contributed by atoms with Crippen molar-refractivity contribution < 1.29 is 9.68 Å². The zero-order valence-corrected chi connectivity index (χ0v) is 15.9. The first-order valence-electron chi connectivity index (χ1n) is 9.68. The van der Waals surface area contributed by atoms with E-state index in [1.807, 2.05) is 12.1 Å². The van der Waals surface area contributed by atoms with Crippen molar-refractivity contribution in [2.45, 2.75) is 0 Å². The van der Waals surface area contributed by atoms with Crippen molar-refractivity contribution in [3.8, 4) is 28.0 Å². The number of rotatable bonds is 4. The van der Waals surface area contributed by atoms with E-state index in [0.29, 0.717) is 5.75 Å². The number of hydrogen-bond donors (Lipinski definition) is 1. The van der Waals surface area contributed by atoms with Crippen molar-refractivity contribution in [2.24, 2.45) is 0 Å². The quantitative estimate of drug-likeness (QED) is 0.393. The van der Waals surface area contributed by atoms with Crippen LogP contribution >= 0.6 is 0 Å². The monoisotopic (exact) mass is 374 g/mol. The van der Waals surface area contributed by atoms with E-state index in [0.717, 1.165) is 22.3 Å². The summed E-state index contributed by atoms with van der Waals surface area (Å²) in [5, 5.41) is 14.2. The topological polar surface area (TPSA) is 29.5 Å². The summed E-state index contributed by atoms with van der Waals surface area (Å²) in [6.07, 6.45) is 0. The summed E-state index contributed by atoms with van der Waals surface area (Å²) >= 11 is 0. The smallest absolute Gasteiger partial charge is 0.504 e. The minimum absolute atomic E-state index is 0.353. The van der Waals surface area contributed by atoms with Crippen LogP contribution in [0.3, 0.4) is 0 Å². The normalized spacial score (nSPS) is 10.9. The molecular weight excluding hydrogens is 355 g/mol. The number of benzene rings is 5. The Bertz CT molecular complexity index is 1220. The standard InChI is InChI=1S/C26H19BO2/c28-27-29-22-16-20(25-13-5-9-18-7-1-3-11-23(18)25)15-21(17-22)26-14-6-10-19-8-2-4-12-24(19)26/h1-17,27-28H. The third-order valence-electron chi connectivity index (χ3n) is 5.34. The molecule has 0 aliphatic carbocycles. The van der Waals surface area contributed by atoms with Gasteiger partial charge in [-0.15, -0.1) is 0 Å². The van der Waals surface area contributed by atoms with E-state index >= 15 is 0 Å². The molecule has 0 spiro atoms. The fraction of sp³-hybridized carbons (Fsp3) is 0. The van der Waals surface area contributed by atoms with Gasteiger partial charge in [-0.25, -0.2) is 0 Å². The SMILES string of the molecule is OBOc1cc(-c2cccc3ccccc23)cc(-c2cccc3ccccc23)c1. The third kappa shape index (κ3) is 3.26. The van der Waals surface area contributed by atoms with Crippen molar-refractivity contribution in [3.05, 3.63) is 103 Å². The summed E-state index contributed by atoms with van der Waals surface area (Å²) in [6, 6.07) is 35.6. The van der Waals surface area contributed by atoms with Crippen LogP contribution in [0.15, 0.2) is 103 Å². The molecule has 138 valence electrons. The lowest BCUT2D eigenvalue weighted by atomic mass is 9.93. The van der Waals surface area contributed by atoms with E-state index in [4.69, 9.17) is 4.65 Å². The molecular formula is C26H19BO2. The van der Waals surface area contributed by atoms with E-state index in [-0.39, 0.29) is 7.69 Å². The lowest BCUT2D eigenvalue weighted by Gasteiger charge is -2.14. The maximum atomic E-state index is 9.36. The van der Waals surface area contributed by atoms with Gasteiger partial charge in [0.2, 0.25) is 0 Å². The van der Waals surface area contributed by atoms with E-state index in [2.05, 4.69) is 91.0 Å². The number of hydrogen-bond acceptors (Lipinski definition) is 2. The van der Waals surface area contributed by atoms with Crippen LogP contribution in [0.2, 0.25) is 0 Å². The van der Waals surface area contributed by atoms with Gasteiger partial charge in [-0.2, -0.15) is 0 Å². The zero-order valence-electron chi connectivity index (χ0n) is 15.9. The van der Waals surface area contributed by atoms with Crippen LogP contribution in [-0.2, 0) is 0 Å². The van der Waals surface area contributed by atoms with Gasteiger partial charge in [0.25, 0.3) is 0 Å². The Balaban J connectivity index is 1.77. The molecule has 0 aliphatic rings. The van der Waals surface area contributed by atoms with Crippen molar-refractivity contribution in [3.63, 3.8) is 0 Å². The largest absolute Gasteiger partial charge is 0.539 e. The van der Waals surface area contributed by atoms with Crippen molar-refractivity contribution in [1.29, 1.82) is 0 Å². The molecule has 0 aromatic heterocycles. The molecule has 0 atom stereocenters. The zero-order chi connectivity index (χ0) is 19.6. The molecule has 0 unspecified atom stereocenters. The Morgan fingerprint density at radius 2 is 1.03 bits per heavy atom. The van der Waals surface area contributed by atoms with Gasteiger partial charge < -0.3 is 9.68 Å². The minimum atomic E-state index is -0.353. The first-order chi connectivity index (χ1) is 14.3. The first-order valence-corrected chi connectivity index (χ1v) is 9.68. The summed E-state index contributed by atoms with van der Waals surface area (Å²) in [6.45, 7) is 0. The predicted molar refractivity (Wildman–Crippen MR) is 122 cm³/mol. The molecule has 29 heavy (non-hydrogen) atoms. The van der Waals surface area contributed by atoms with Crippen LogP contribution in [-0.4, -0.2) is 12.7 Å². The van der Waals surface area contributed by atoms with E-state index in [1.54, 1.807) is 0 Å². The third-order valence-corrected chi connectivity index (χ3v) is 5.34.